The maximum absolute atomic E-state index is 13.4. The van der Waals surface area contributed by atoms with E-state index in [0.29, 0.717) is 53.9 Å². The molecule has 1 aliphatic heterocycles. The zero-order valence-corrected chi connectivity index (χ0v) is 15.9. The maximum Gasteiger partial charge on any atom is 0.255 e. The molecule has 1 fully saturated rings. The number of hydrogen-bond donors (Lipinski definition) is 0. The number of pyridine rings is 1. The summed E-state index contributed by atoms with van der Waals surface area (Å²) < 4.78 is 26.4. The van der Waals surface area contributed by atoms with Crippen LogP contribution in [0.2, 0.25) is 0 Å². The molecule has 0 bridgehead atoms. The van der Waals surface area contributed by atoms with Crippen LogP contribution in [0.3, 0.4) is 0 Å². The van der Waals surface area contributed by atoms with E-state index in [4.69, 9.17) is 0 Å². The quantitative estimate of drug-likeness (QED) is 0.668. The Hall–Kier alpha value is -3.35. The highest BCUT2D eigenvalue weighted by Crippen LogP contribution is 2.20. The maximum atomic E-state index is 13.4. The zero-order chi connectivity index (χ0) is 20.5. The van der Waals surface area contributed by atoms with Gasteiger partial charge in [-0.2, -0.15) is 0 Å². The number of carbonyl (C=O) groups excluding carboxylic acids is 2. The Balaban J connectivity index is 1.47. The summed E-state index contributed by atoms with van der Waals surface area (Å²) in [5.74, 6) is -1.10. The fourth-order valence-electron chi connectivity index (χ4n) is 3.51. The molecule has 1 aliphatic rings. The summed E-state index contributed by atoms with van der Waals surface area (Å²) in [5, 5.41) is 0.700. The van der Waals surface area contributed by atoms with E-state index in [1.165, 1.54) is 36.4 Å². The Morgan fingerprint density at radius 1 is 0.828 bits per heavy atom. The Morgan fingerprint density at radius 2 is 1.41 bits per heavy atom. The number of nitrogens with zero attached hydrogens (tertiary/aromatic N) is 3. The van der Waals surface area contributed by atoms with Gasteiger partial charge < -0.3 is 9.80 Å². The molecule has 0 aliphatic carbocycles. The summed E-state index contributed by atoms with van der Waals surface area (Å²) >= 11 is 0. The second-order valence-corrected chi connectivity index (χ2v) is 7.05. The summed E-state index contributed by atoms with van der Waals surface area (Å²) in [6, 6.07) is 11.5. The van der Waals surface area contributed by atoms with Crippen molar-refractivity contribution in [2.45, 2.75) is 6.92 Å². The standard InChI is InChI=1S/C22H19F2N3O2/c1-14-19(12-16-4-7-18(24)13-20(16)25-14)22(29)27-10-8-26(9-11-27)21(28)15-2-5-17(23)6-3-15/h2-7,12-13H,8-11H2,1H3. The molecule has 0 unspecified atom stereocenters. The molecule has 2 aromatic carbocycles. The molecular formula is C22H19F2N3O2. The lowest BCUT2D eigenvalue weighted by Gasteiger charge is -2.35. The normalized spacial score (nSPS) is 14.3. The second kappa shape index (κ2) is 7.58. The van der Waals surface area contributed by atoms with Crippen LogP contribution in [-0.2, 0) is 0 Å². The highest BCUT2D eigenvalue weighted by Gasteiger charge is 2.26. The van der Waals surface area contributed by atoms with Crippen LogP contribution in [0, 0.1) is 18.6 Å². The highest BCUT2D eigenvalue weighted by molar-refractivity contribution is 5.99. The highest BCUT2D eigenvalue weighted by atomic mass is 19.1. The van der Waals surface area contributed by atoms with Gasteiger partial charge >= 0.3 is 0 Å². The van der Waals surface area contributed by atoms with Crippen molar-refractivity contribution < 1.29 is 18.4 Å². The van der Waals surface area contributed by atoms with Crippen LogP contribution in [0.25, 0.3) is 10.9 Å². The molecule has 1 saturated heterocycles. The van der Waals surface area contributed by atoms with Crippen LogP contribution in [-0.4, -0.2) is 52.8 Å². The van der Waals surface area contributed by atoms with Crippen molar-refractivity contribution in [3.05, 3.63) is 77.0 Å². The number of hydrogen-bond acceptors (Lipinski definition) is 3. The molecule has 0 N–H and O–H groups in total. The van der Waals surface area contributed by atoms with Gasteiger partial charge in [0.25, 0.3) is 11.8 Å². The predicted molar refractivity (Wildman–Crippen MR) is 105 cm³/mol. The van der Waals surface area contributed by atoms with Gasteiger partial charge in [0.15, 0.2) is 0 Å². The average molecular weight is 395 g/mol. The summed E-state index contributed by atoms with van der Waals surface area (Å²) in [5.41, 5.74) is 1.95. The van der Waals surface area contributed by atoms with E-state index in [9.17, 15) is 18.4 Å². The average Bonchev–Trinajstić information content (AvgIpc) is 2.73. The lowest BCUT2D eigenvalue weighted by molar-refractivity contribution is 0.0535. The third-order valence-electron chi connectivity index (χ3n) is 5.15. The van der Waals surface area contributed by atoms with Gasteiger partial charge in [0.2, 0.25) is 0 Å². The number of carbonyl (C=O) groups is 2. The molecule has 5 nitrogen and oxygen atoms in total. The number of aryl methyl sites for hydroxylation is 1. The van der Waals surface area contributed by atoms with Gasteiger partial charge in [0.05, 0.1) is 16.8 Å². The molecule has 148 valence electrons. The molecule has 0 saturated carbocycles. The van der Waals surface area contributed by atoms with Crippen molar-refractivity contribution in [1.82, 2.24) is 14.8 Å². The Kier molecular flexibility index (Phi) is 4.96. The lowest BCUT2D eigenvalue weighted by atomic mass is 10.1. The van der Waals surface area contributed by atoms with E-state index < -0.39 is 0 Å². The first kappa shape index (κ1) is 19.0. The van der Waals surface area contributed by atoms with Crippen LogP contribution in [0.15, 0.2) is 48.5 Å². The number of fused-ring (bicyclic) bond motifs is 1. The number of amides is 2. The molecular weight excluding hydrogens is 376 g/mol. The fourth-order valence-corrected chi connectivity index (χ4v) is 3.51. The van der Waals surface area contributed by atoms with Crippen molar-refractivity contribution in [3.8, 4) is 0 Å². The Labute approximate surface area is 166 Å². The van der Waals surface area contributed by atoms with Crippen LogP contribution in [0.5, 0.6) is 0 Å². The number of piperazine rings is 1. The molecule has 2 amide bonds. The summed E-state index contributed by atoms with van der Waals surface area (Å²) in [7, 11) is 0. The van der Waals surface area contributed by atoms with Gasteiger partial charge in [-0.1, -0.05) is 0 Å². The SMILES string of the molecule is Cc1nc2cc(F)ccc2cc1C(=O)N1CCN(C(=O)c2ccc(F)cc2)CC1. The van der Waals surface area contributed by atoms with Gasteiger partial charge in [-0.3, -0.25) is 14.6 Å². The molecule has 1 aromatic heterocycles. The second-order valence-electron chi connectivity index (χ2n) is 7.05. The monoisotopic (exact) mass is 395 g/mol. The molecule has 0 spiro atoms. The van der Waals surface area contributed by atoms with E-state index in [1.807, 2.05) is 0 Å². The van der Waals surface area contributed by atoms with Crippen LogP contribution in [0.4, 0.5) is 8.78 Å². The largest absolute Gasteiger partial charge is 0.335 e. The molecule has 2 heterocycles. The summed E-state index contributed by atoms with van der Waals surface area (Å²) in [6.07, 6.45) is 0. The molecule has 0 atom stereocenters. The third-order valence-corrected chi connectivity index (χ3v) is 5.15. The smallest absolute Gasteiger partial charge is 0.255 e. The van der Waals surface area contributed by atoms with E-state index >= 15 is 0 Å². The van der Waals surface area contributed by atoms with E-state index in [0.717, 1.165) is 0 Å². The zero-order valence-electron chi connectivity index (χ0n) is 15.9. The third kappa shape index (κ3) is 3.81. The van der Waals surface area contributed by atoms with E-state index in [1.54, 1.807) is 28.9 Å². The van der Waals surface area contributed by atoms with Gasteiger partial charge in [-0.05, 0) is 49.4 Å². The Morgan fingerprint density at radius 3 is 2.07 bits per heavy atom. The van der Waals surface area contributed by atoms with Crippen molar-refractivity contribution in [3.63, 3.8) is 0 Å². The van der Waals surface area contributed by atoms with Crippen LogP contribution in [0.1, 0.15) is 26.4 Å². The minimum atomic E-state index is -0.390. The van der Waals surface area contributed by atoms with Crippen LogP contribution >= 0.6 is 0 Å². The number of benzene rings is 2. The van der Waals surface area contributed by atoms with Crippen LogP contribution < -0.4 is 0 Å². The first-order valence-corrected chi connectivity index (χ1v) is 9.33. The summed E-state index contributed by atoms with van der Waals surface area (Å²) in [4.78, 5) is 33.2. The van der Waals surface area contributed by atoms with E-state index in [-0.39, 0.29) is 23.4 Å². The topological polar surface area (TPSA) is 53.5 Å². The first-order chi connectivity index (χ1) is 13.9. The molecule has 3 aromatic rings. The minimum Gasteiger partial charge on any atom is -0.335 e. The molecule has 0 radical (unpaired) electrons. The van der Waals surface area contributed by atoms with Gasteiger partial charge in [0, 0.05) is 43.2 Å². The predicted octanol–water partition coefficient (Wildman–Crippen LogP) is 3.42. The molecule has 4 rings (SSSR count). The lowest BCUT2D eigenvalue weighted by Crippen LogP contribution is -2.50. The van der Waals surface area contributed by atoms with Gasteiger partial charge in [-0.15, -0.1) is 0 Å². The first-order valence-electron chi connectivity index (χ1n) is 9.33. The summed E-state index contributed by atoms with van der Waals surface area (Å²) in [6.45, 7) is 3.31. The molecule has 29 heavy (non-hydrogen) atoms. The van der Waals surface area contributed by atoms with Gasteiger partial charge in [0.1, 0.15) is 11.6 Å². The number of aromatic nitrogens is 1. The minimum absolute atomic E-state index is 0.157. The molecule has 7 heteroatoms. The van der Waals surface area contributed by atoms with Crippen molar-refractivity contribution >= 4 is 22.7 Å². The fraction of sp³-hybridized carbons (Fsp3) is 0.227. The number of halogens is 2. The van der Waals surface area contributed by atoms with E-state index in [2.05, 4.69) is 4.98 Å². The number of rotatable bonds is 2. The van der Waals surface area contributed by atoms with Crippen molar-refractivity contribution in [2.24, 2.45) is 0 Å². The Bertz CT molecular complexity index is 1090. The van der Waals surface area contributed by atoms with Gasteiger partial charge in [-0.25, -0.2) is 8.78 Å². The van der Waals surface area contributed by atoms with Crippen molar-refractivity contribution in [2.75, 3.05) is 26.2 Å². The van der Waals surface area contributed by atoms with Crippen molar-refractivity contribution in [1.29, 1.82) is 0 Å².